The summed E-state index contributed by atoms with van der Waals surface area (Å²) in [4.78, 5) is 23.5. The summed E-state index contributed by atoms with van der Waals surface area (Å²) in [6.45, 7) is 0.0664. The Bertz CT molecular complexity index is 602. The quantitative estimate of drug-likeness (QED) is 0.806. The zero-order valence-electron chi connectivity index (χ0n) is 12.8. The standard InChI is InChI=1S/C16H19F2NO4/c1-23-9-13(10-3-4-11(17)12(18)7-10)19-14(20)8-16(15(21)22)5-2-6-16/h3-4,7,13H,2,5-6,8-9H2,1H3,(H,19,20)(H,21,22). The largest absolute Gasteiger partial charge is 0.481 e. The predicted molar refractivity (Wildman–Crippen MR) is 77.7 cm³/mol. The number of carboxylic acid groups (broad SMARTS) is 1. The number of ether oxygens (including phenoxy) is 1. The van der Waals surface area contributed by atoms with Crippen molar-refractivity contribution in [2.24, 2.45) is 5.41 Å². The molecule has 5 nitrogen and oxygen atoms in total. The second-order valence-electron chi connectivity index (χ2n) is 5.86. The summed E-state index contributed by atoms with van der Waals surface area (Å²) < 4.78 is 31.4. The number of halogens is 2. The first-order valence-corrected chi connectivity index (χ1v) is 7.34. The van der Waals surface area contributed by atoms with Gasteiger partial charge in [-0.2, -0.15) is 0 Å². The lowest BCUT2D eigenvalue weighted by Crippen LogP contribution is -2.43. The minimum absolute atomic E-state index is 0.0664. The van der Waals surface area contributed by atoms with Crippen LogP contribution in [0.3, 0.4) is 0 Å². The van der Waals surface area contributed by atoms with Gasteiger partial charge in [0.25, 0.3) is 0 Å². The van der Waals surface area contributed by atoms with Crippen LogP contribution in [0.2, 0.25) is 0 Å². The van der Waals surface area contributed by atoms with E-state index in [1.165, 1.54) is 13.2 Å². The highest BCUT2D eigenvalue weighted by Crippen LogP contribution is 2.44. The fraction of sp³-hybridized carbons (Fsp3) is 0.500. The van der Waals surface area contributed by atoms with Crippen molar-refractivity contribution in [2.75, 3.05) is 13.7 Å². The molecular weight excluding hydrogens is 308 g/mol. The predicted octanol–water partition coefficient (Wildman–Crippen LogP) is 2.41. The molecule has 1 aromatic rings. The first kappa shape index (κ1) is 17.3. The lowest BCUT2D eigenvalue weighted by molar-refractivity contribution is -0.157. The smallest absolute Gasteiger partial charge is 0.310 e. The van der Waals surface area contributed by atoms with Crippen LogP contribution in [0.5, 0.6) is 0 Å². The van der Waals surface area contributed by atoms with Gasteiger partial charge in [0.05, 0.1) is 18.1 Å². The molecule has 0 aromatic heterocycles. The number of hydrogen-bond donors (Lipinski definition) is 2. The van der Waals surface area contributed by atoms with Gasteiger partial charge >= 0.3 is 5.97 Å². The minimum Gasteiger partial charge on any atom is -0.481 e. The molecule has 1 aliphatic carbocycles. The molecular formula is C16H19F2NO4. The van der Waals surface area contributed by atoms with Crippen LogP contribution in [0, 0.1) is 17.0 Å². The normalized spacial score (nSPS) is 17.2. The van der Waals surface area contributed by atoms with Crippen LogP contribution in [0.1, 0.15) is 37.3 Å². The van der Waals surface area contributed by atoms with Crippen molar-refractivity contribution in [3.63, 3.8) is 0 Å². The number of nitrogens with one attached hydrogen (secondary N) is 1. The summed E-state index contributed by atoms with van der Waals surface area (Å²) in [6.07, 6.45) is 1.59. The third-order valence-electron chi connectivity index (χ3n) is 4.28. The van der Waals surface area contributed by atoms with Gasteiger partial charge < -0.3 is 15.2 Å². The van der Waals surface area contributed by atoms with Gasteiger partial charge in [-0.1, -0.05) is 12.5 Å². The molecule has 0 spiro atoms. The summed E-state index contributed by atoms with van der Waals surface area (Å²) in [7, 11) is 1.42. The molecule has 1 saturated carbocycles. The second kappa shape index (κ2) is 7.04. The van der Waals surface area contributed by atoms with E-state index in [-0.39, 0.29) is 13.0 Å². The van der Waals surface area contributed by atoms with E-state index in [1.807, 2.05) is 0 Å². The molecule has 126 valence electrons. The molecule has 1 aromatic carbocycles. The summed E-state index contributed by atoms with van der Waals surface area (Å²) in [5.74, 6) is -3.41. The van der Waals surface area contributed by atoms with Gasteiger partial charge in [-0.3, -0.25) is 9.59 Å². The topological polar surface area (TPSA) is 75.6 Å². The SMILES string of the molecule is COCC(NC(=O)CC1(C(=O)O)CCC1)c1ccc(F)c(F)c1. The fourth-order valence-electron chi connectivity index (χ4n) is 2.74. The van der Waals surface area contributed by atoms with E-state index in [0.29, 0.717) is 18.4 Å². The average molecular weight is 327 g/mol. The molecule has 0 heterocycles. The Hall–Kier alpha value is -2.02. The first-order valence-electron chi connectivity index (χ1n) is 7.34. The molecule has 7 heteroatoms. The Morgan fingerprint density at radius 3 is 2.52 bits per heavy atom. The molecule has 23 heavy (non-hydrogen) atoms. The fourth-order valence-corrected chi connectivity index (χ4v) is 2.74. The number of amides is 1. The lowest BCUT2D eigenvalue weighted by atomic mass is 9.66. The van der Waals surface area contributed by atoms with E-state index in [9.17, 15) is 23.5 Å². The van der Waals surface area contributed by atoms with Gasteiger partial charge in [0.1, 0.15) is 0 Å². The molecule has 0 saturated heterocycles. The Morgan fingerprint density at radius 2 is 2.04 bits per heavy atom. The Morgan fingerprint density at radius 1 is 1.35 bits per heavy atom. The number of carboxylic acids is 1. The van der Waals surface area contributed by atoms with Crippen LogP contribution in [-0.2, 0) is 14.3 Å². The molecule has 1 aliphatic rings. The zero-order chi connectivity index (χ0) is 17.0. The summed E-state index contributed by atoms with van der Waals surface area (Å²) in [5, 5.41) is 11.9. The van der Waals surface area contributed by atoms with E-state index >= 15 is 0 Å². The maximum Gasteiger partial charge on any atom is 0.310 e. The average Bonchev–Trinajstić information content (AvgIpc) is 2.45. The minimum atomic E-state index is -1.01. The van der Waals surface area contributed by atoms with E-state index in [2.05, 4.69) is 5.32 Å². The van der Waals surface area contributed by atoms with Crippen LogP contribution in [0.25, 0.3) is 0 Å². The number of carbonyl (C=O) groups excluding carboxylic acids is 1. The van der Waals surface area contributed by atoms with E-state index in [4.69, 9.17) is 4.74 Å². The number of carbonyl (C=O) groups is 2. The Kier molecular flexibility index (Phi) is 5.30. The highest BCUT2D eigenvalue weighted by molar-refractivity contribution is 5.85. The van der Waals surface area contributed by atoms with Gasteiger partial charge in [-0.25, -0.2) is 8.78 Å². The third kappa shape index (κ3) is 3.85. The summed E-state index contributed by atoms with van der Waals surface area (Å²) in [6, 6.07) is 2.66. The molecule has 1 amide bonds. The maximum absolute atomic E-state index is 13.4. The van der Waals surface area contributed by atoms with Gasteiger partial charge in [0, 0.05) is 13.5 Å². The lowest BCUT2D eigenvalue weighted by Gasteiger charge is -2.37. The van der Waals surface area contributed by atoms with Crippen molar-refractivity contribution in [3.8, 4) is 0 Å². The zero-order valence-corrected chi connectivity index (χ0v) is 12.8. The van der Waals surface area contributed by atoms with Crippen LogP contribution in [-0.4, -0.2) is 30.7 Å². The van der Waals surface area contributed by atoms with Crippen LogP contribution in [0.15, 0.2) is 18.2 Å². The van der Waals surface area contributed by atoms with Gasteiger partial charge in [0.2, 0.25) is 5.91 Å². The van der Waals surface area contributed by atoms with Crippen molar-refractivity contribution >= 4 is 11.9 Å². The summed E-state index contributed by atoms with van der Waals surface area (Å²) >= 11 is 0. The molecule has 1 fully saturated rings. The second-order valence-corrected chi connectivity index (χ2v) is 5.86. The van der Waals surface area contributed by atoms with E-state index in [0.717, 1.165) is 18.6 Å². The first-order chi connectivity index (χ1) is 10.9. The number of rotatable bonds is 7. The molecule has 0 radical (unpaired) electrons. The van der Waals surface area contributed by atoms with Crippen molar-refractivity contribution in [1.29, 1.82) is 0 Å². The highest BCUT2D eigenvalue weighted by Gasteiger charge is 2.46. The number of methoxy groups -OCH3 is 1. The Labute approximate surface area is 132 Å². The summed E-state index contributed by atoms with van der Waals surface area (Å²) in [5.41, 5.74) is -0.646. The monoisotopic (exact) mass is 327 g/mol. The maximum atomic E-state index is 13.4. The molecule has 0 bridgehead atoms. The van der Waals surface area contributed by atoms with Gasteiger partial charge in [-0.05, 0) is 30.5 Å². The van der Waals surface area contributed by atoms with Crippen molar-refractivity contribution in [1.82, 2.24) is 5.32 Å². The van der Waals surface area contributed by atoms with E-state index in [1.54, 1.807) is 0 Å². The van der Waals surface area contributed by atoms with Crippen molar-refractivity contribution in [2.45, 2.75) is 31.7 Å². The molecule has 1 atom stereocenters. The van der Waals surface area contributed by atoms with Crippen molar-refractivity contribution < 1.29 is 28.2 Å². The third-order valence-corrected chi connectivity index (χ3v) is 4.28. The van der Waals surface area contributed by atoms with Crippen LogP contribution in [0.4, 0.5) is 8.78 Å². The van der Waals surface area contributed by atoms with Crippen molar-refractivity contribution in [3.05, 3.63) is 35.4 Å². The Balaban J connectivity index is 2.08. The number of benzene rings is 1. The number of aliphatic carboxylic acids is 1. The van der Waals surface area contributed by atoms with Gasteiger partial charge in [0.15, 0.2) is 11.6 Å². The van der Waals surface area contributed by atoms with E-state index < -0.39 is 35.0 Å². The molecule has 2 rings (SSSR count). The molecule has 1 unspecified atom stereocenters. The van der Waals surface area contributed by atoms with Crippen LogP contribution >= 0.6 is 0 Å². The highest BCUT2D eigenvalue weighted by atomic mass is 19.2. The molecule has 2 N–H and O–H groups in total. The van der Waals surface area contributed by atoms with Crippen LogP contribution < -0.4 is 5.32 Å². The number of hydrogen-bond acceptors (Lipinski definition) is 3. The van der Waals surface area contributed by atoms with Gasteiger partial charge in [-0.15, -0.1) is 0 Å². The molecule has 0 aliphatic heterocycles.